The van der Waals surface area contributed by atoms with E-state index in [9.17, 15) is 0 Å². The summed E-state index contributed by atoms with van der Waals surface area (Å²) < 4.78 is 0. The molecule has 0 N–H and O–H groups in total. The second-order valence-corrected chi connectivity index (χ2v) is 4.92. The minimum atomic E-state index is 1.17. The van der Waals surface area contributed by atoms with Gasteiger partial charge in [-0.1, -0.05) is 115 Å². The minimum Gasteiger partial charge on any atom is -0.0985 e. The average Bonchev–Trinajstić information content (AvgIpc) is 2.61. The molecule has 0 heterocycles. The quantitative estimate of drug-likeness (QED) is 0.491. The molecule has 0 spiro atoms. The van der Waals surface area contributed by atoms with E-state index >= 15 is 0 Å². The molecule has 0 saturated heterocycles. The van der Waals surface area contributed by atoms with Crippen LogP contribution in [0.15, 0.2) is 97.6 Å². The van der Waals surface area contributed by atoms with Gasteiger partial charge in [0, 0.05) is 0 Å². The summed E-state index contributed by atoms with van der Waals surface area (Å²) in [6.07, 6.45) is 1.83. The Balaban J connectivity index is 0.000000167. The molecule has 112 valence electrons. The first-order chi connectivity index (χ1) is 10.7. The van der Waals surface area contributed by atoms with Crippen molar-refractivity contribution in [2.24, 2.45) is 0 Å². The normalized spacial score (nSPS) is 8.64. The van der Waals surface area contributed by atoms with E-state index in [-0.39, 0.29) is 0 Å². The number of aryl methyl sites for hydroxylation is 2. The zero-order valence-electron chi connectivity index (χ0n) is 13.4. The molecule has 0 saturated carbocycles. The third-order valence-electron chi connectivity index (χ3n) is 2.92. The van der Waals surface area contributed by atoms with Crippen LogP contribution in [0.2, 0.25) is 0 Å². The van der Waals surface area contributed by atoms with Crippen LogP contribution in [0.25, 0.3) is 6.08 Å². The smallest absolute Gasteiger partial charge is 0.0263 e. The number of rotatable bonds is 1. The molecule has 0 aromatic heterocycles. The van der Waals surface area contributed by atoms with Crippen LogP contribution in [0.5, 0.6) is 0 Å². The lowest BCUT2D eigenvalue weighted by Crippen LogP contribution is -1.70. The Morgan fingerprint density at radius 3 is 1.14 bits per heavy atom. The molecule has 22 heavy (non-hydrogen) atoms. The maximum Gasteiger partial charge on any atom is -0.0263 e. The molecule has 0 amide bonds. The van der Waals surface area contributed by atoms with Gasteiger partial charge < -0.3 is 0 Å². The first kappa shape index (κ1) is 17.5. The molecule has 0 aliphatic heterocycles. The Labute approximate surface area is 134 Å². The predicted molar refractivity (Wildman–Crippen MR) is 98.9 cm³/mol. The lowest BCUT2D eigenvalue weighted by Gasteiger charge is -1.90. The number of hydrogen-bond donors (Lipinski definition) is 0. The first-order valence-corrected chi connectivity index (χ1v) is 7.43. The monoisotopic (exact) mass is 288 g/mol. The van der Waals surface area contributed by atoms with Gasteiger partial charge in [0.05, 0.1) is 0 Å². The van der Waals surface area contributed by atoms with Crippen molar-refractivity contribution in [3.05, 3.63) is 114 Å². The van der Waals surface area contributed by atoms with E-state index < -0.39 is 0 Å². The molecule has 0 nitrogen and oxygen atoms in total. The standard InChI is InChI=1S/C8H10.C8H8.C6H6/c1-7-3-5-8(2)6-4-7;1-2-8-6-4-3-5-7-8;1-2-4-6-5-3-1/h3-6H,1-2H3;2-7H,1H2;1-6H. The Kier molecular flexibility index (Phi) is 8.81. The second-order valence-electron chi connectivity index (χ2n) is 4.92. The Morgan fingerprint density at radius 2 is 0.864 bits per heavy atom. The number of hydrogen-bond acceptors (Lipinski definition) is 0. The van der Waals surface area contributed by atoms with E-state index in [1.54, 1.807) is 0 Å². The van der Waals surface area contributed by atoms with Gasteiger partial charge in [0.15, 0.2) is 0 Å². The van der Waals surface area contributed by atoms with E-state index in [1.165, 1.54) is 16.7 Å². The summed E-state index contributed by atoms with van der Waals surface area (Å²) in [6, 6.07) is 30.5. The largest absolute Gasteiger partial charge is 0.0985 e. The zero-order valence-corrected chi connectivity index (χ0v) is 13.4. The van der Waals surface area contributed by atoms with Crippen molar-refractivity contribution in [1.82, 2.24) is 0 Å². The van der Waals surface area contributed by atoms with Crippen molar-refractivity contribution < 1.29 is 0 Å². The van der Waals surface area contributed by atoms with E-state index in [0.29, 0.717) is 0 Å². The maximum atomic E-state index is 3.63. The first-order valence-electron chi connectivity index (χ1n) is 7.43. The summed E-state index contributed by atoms with van der Waals surface area (Å²) in [5.74, 6) is 0. The Morgan fingerprint density at radius 1 is 0.545 bits per heavy atom. The van der Waals surface area contributed by atoms with Gasteiger partial charge in [-0.3, -0.25) is 0 Å². The molecule has 3 rings (SSSR count). The minimum absolute atomic E-state index is 1.17. The zero-order chi connectivity index (χ0) is 16.0. The third kappa shape index (κ3) is 8.55. The van der Waals surface area contributed by atoms with Gasteiger partial charge in [0.25, 0.3) is 0 Å². The van der Waals surface area contributed by atoms with Crippen molar-refractivity contribution in [2.75, 3.05) is 0 Å². The Hall–Kier alpha value is -2.60. The highest BCUT2D eigenvalue weighted by Crippen LogP contribution is 1.99. The molecule has 0 fully saturated rings. The summed E-state index contributed by atoms with van der Waals surface area (Å²) in [4.78, 5) is 0. The van der Waals surface area contributed by atoms with Crippen molar-refractivity contribution in [3.8, 4) is 0 Å². The predicted octanol–water partition coefficient (Wildman–Crippen LogP) is 6.32. The van der Waals surface area contributed by atoms with E-state index in [1.807, 2.05) is 72.8 Å². The molecule has 0 bridgehead atoms. The van der Waals surface area contributed by atoms with Gasteiger partial charge in [-0.25, -0.2) is 0 Å². The topological polar surface area (TPSA) is 0 Å². The van der Waals surface area contributed by atoms with E-state index in [2.05, 4.69) is 44.7 Å². The van der Waals surface area contributed by atoms with Gasteiger partial charge in [-0.15, -0.1) is 0 Å². The lowest BCUT2D eigenvalue weighted by molar-refractivity contribution is 1.40. The highest BCUT2D eigenvalue weighted by Gasteiger charge is 1.79. The molecule has 0 atom stereocenters. The van der Waals surface area contributed by atoms with Crippen LogP contribution in [0.3, 0.4) is 0 Å². The summed E-state index contributed by atoms with van der Waals surface area (Å²) in [5.41, 5.74) is 3.83. The van der Waals surface area contributed by atoms with Crippen molar-refractivity contribution in [1.29, 1.82) is 0 Å². The van der Waals surface area contributed by atoms with Crippen LogP contribution in [0, 0.1) is 13.8 Å². The molecule has 3 aromatic rings. The fraction of sp³-hybridized carbons (Fsp3) is 0.0909. The average molecular weight is 288 g/mol. The van der Waals surface area contributed by atoms with E-state index in [4.69, 9.17) is 0 Å². The van der Waals surface area contributed by atoms with Gasteiger partial charge in [-0.2, -0.15) is 0 Å². The fourth-order valence-electron chi connectivity index (χ4n) is 1.61. The number of benzene rings is 3. The van der Waals surface area contributed by atoms with Gasteiger partial charge in [-0.05, 0) is 19.4 Å². The molecular formula is C22H24. The summed E-state index contributed by atoms with van der Waals surface area (Å²) >= 11 is 0. The van der Waals surface area contributed by atoms with Crippen LogP contribution >= 0.6 is 0 Å². The SMILES string of the molecule is C=Cc1ccccc1.Cc1ccc(C)cc1.c1ccccc1. The second kappa shape index (κ2) is 11.1. The van der Waals surface area contributed by atoms with Crippen molar-refractivity contribution >= 4 is 6.08 Å². The summed E-state index contributed by atoms with van der Waals surface area (Å²) in [5, 5.41) is 0. The van der Waals surface area contributed by atoms with Crippen molar-refractivity contribution in [3.63, 3.8) is 0 Å². The summed E-state index contributed by atoms with van der Waals surface area (Å²) in [7, 11) is 0. The van der Waals surface area contributed by atoms with Crippen LogP contribution in [-0.2, 0) is 0 Å². The van der Waals surface area contributed by atoms with Crippen LogP contribution < -0.4 is 0 Å². The van der Waals surface area contributed by atoms with Crippen LogP contribution in [0.1, 0.15) is 16.7 Å². The molecule has 3 aromatic carbocycles. The molecular weight excluding hydrogens is 264 g/mol. The lowest BCUT2D eigenvalue weighted by atomic mass is 10.2. The molecule has 0 aliphatic carbocycles. The third-order valence-corrected chi connectivity index (χ3v) is 2.92. The molecule has 0 unspecified atom stereocenters. The van der Waals surface area contributed by atoms with Gasteiger partial charge in [0.2, 0.25) is 0 Å². The van der Waals surface area contributed by atoms with Crippen LogP contribution in [-0.4, -0.2) is 0 Å². The van der Waals surface area contributed by atoms with Crippen molar-refractivity contribution in [2.45, 2.75) is 13.8 Å². The molecule has 0 radical (unpaired) electrons. The summed E-state index contributed by atoms with van der Waals surface area (Å²) in [6.45, 7) is 7.82. The highest BCUT2D eigenvalue weighted by atomic mass is 13.9. The highest BCUT2D eigenvalue weighted by molar-refractivity contribution is 5.45. The van der Waals surface area contributed by atoms with Gasteiger partial charge in [0.1, 0.15) is 0 Å². The fourth-order valence-corrected chi connectivity index (χ4v) is 1.61. The Bertz CT molecular complexity index is 560. The van der Waals surface area contributed by atoms with E-state index in [0.717, 1.165) is 0 Å². The van der Waals surface area contributed by atoms with Gasteiger partial charge >= 0.3 is 0 Å². The maximum absolute atomic E-state index is 3.63. The molecule has 0 aliphatic rings. The van der Waals surface area contributed by atoms with Crippen LogP contribution in [0.4, 0.5) is 0 Å². The molecule has 0 heteroatoms.